The van der Waals surface area contributed by atoms with Crippen molar-refractivity contribution in [2.45, 2.75) is 65.3 Å². The number of aryl methyl sites for hydroxylation is 1. The monoisotopic (exact) mass is 485 g/mol. The summed E-state index contributed by atoms with van der Waals surface area (Å²) in [6.07, 6.45) is 5.81. The number of nitrogens with two attached hydrogens (primary N) is 1. The van der Waals surface area contributed by atoms with Crippen LogP contribution >= 0.6 is 0 Å². The quantitative estimate of drug-likeness (QED) is 0.375. The van der Waals surface area contributed by atoms with Gasteiger partial charge in [0.2, 0.25) is 5.91 Å². The molecule has 0 unspecified atom stereocenters. The van der Waals surface area contributed by atoms with E-state index in [-0.39, 0.29) is 36.1 Å². The molecule has 0 spiro atoms. The fourth-order valence-electron chi connectivity index (χ4n) is 3.78. The second-order valence-corrected chi connectivity index (χ2v) is 8.38. The molecule has 0 bridgehead atoms. The van der Waals surface area contributed by atoms with Crippen molar-refractivity contribution in [3.8, 4) is 11.3 Å². The van der Waals surface area contributed by atoms with E-state index in [2.05, 4.69) is 9.97 Å². The van der Waals surface area contributed by atoms with Gasteiger partial charge in [-0.05, 0) is 37.1 Å². The van der Waals surface area contributed by atoms with E-state index in [9.17, 15) is 18.8 Å². The minimum atomic E-state index is -0.681. The molecule has 0 aliphatic rings. The van der Waals surface area contributed by atoms with Gasteiger partial charge >= 0.3 is 5.69 Å². The summed E-state index contributed by atoms with van der Waals surface area (Å²) in [5.74, 6) is 0.141. The number of aromatic amines is 1. The van der Waals surface area contributed by atoms with E-state index >= 15 is 0 Å². The van der Waals surface area contributed by atoms with Crippen LogP contribution in [0, 0.1) is 5.82 Å². The van der Waals surface area contributed by atoms with Crippen LogP contribution in [0.5, 0.6) is 0 Å². The van der Waals surface area contributed by atoms with E-state index < -0.39 is 11.2 Å². The summed E-state index contributed by atoms with van der Waals surface area (Å²) in [7, 11) is 0. The number of carbonyl (C=O) groups is 1. The Kier molecular flexibility index (Phi) is 8.99. The fraction of sp³-hybridized carbons (Fsp3) is 0.440. The molecule has 0 saturated carbocycles. The molecule has 0 radical (unpaired) electrons. The van der Waals surface area contributed by atoms with Crippen molar-refractivity contribution in [2.75, 3.05) is 17.2 Å². The molecule has 9 nitrogen and oxygen atoms in total. The lowest BCUT2D eigenvalue weighted by atomic mass is 10.2. The predicted octanol–water partition coefficient (Wildman–Crippen LogP) is 3.87. The molecule has 0 fully saturated rings. The highest BCUT2D eigenvalue weighted by Crippen LogP contribution is 2.23. The van der Waals surface area contributed by atoms with Gasteiger partial charge in [-0.25, -0.2) is 14.2 Å². The maximum Gasteiger partial charge on any atom is 0.330 e. The van der Waals surface area contributed by atoms with Crippen molar-refractivity contribution in [2.24, 2.45) is 0 Å². The lowest BCUT2D eigenvalue weighted by molar-refractivity contribution is -0.118. The van der Waals surface area contributed by atoms with Crippen molar-refractivity contribution >= 4 is 17.4 Å². The molecule has 0 aliphatic heterocycles. The highest BCUT2D eigenvalue weighted by atomic mass is 19.1. The van der Waals surface area contributed by atoms with E-state index in [0.29, 0.717) is 43.1 Å². The number of unbranched alkanes of at least 4 members (excludes halogenated alkanes) is 3. The normalized spacial score (nSPS) is 11.1. The van der Waals surface area contributed by atoms with Crippen LogP contribution in [0.25, 0.3) is 11.3 Å². The number of nitrogens with zero attached hydrogens (tertiary/aromatic N) is 3. The zero-order valence-electron chi connectivity index (χ0n) is 20.2. The van der Waals surface area contributed by atoms with E-state index in [0.717, 1.165) is 19.3 Å². The number of carbonyl (C=O) groups excluding carboxylic acids is 1. The number of oxazole rings is 1. The minimum absolute atomic E-state index is 0.00112. The van der Waals surface area contributed by atoms with Crippen LogP contribution in [-0.2, 0) is 17.8 Å². The molecule has 3 aromatic rings. The van der Waals surface area contributed by atoms with Gasteiger partial charge in [-0.15, -0.1) is 0 Å². The molecule has 0 aliphatic carbocycles. The number of anilines is 2. The Morgan fingerprint density at radius 2 is 1.86 bits per heavy atom. The highest BCUT2D eigenvalue weighted by Gasteiger charge is 2.24. The van der Waals surface area contributed by atoms with Crippen molar-refractivity contribution in [3.63, 3.8) is 0 Å². The molecule has 2 aromatic heterocycles. The Morgan fingerprint density at radius 1 is 1.14 bits per heavy atom. The lowest BCUT2D eigenvalue weighted by Crippen LogP contribution is -2.41. The lowest BCUT2D eigenvalue weighted by Gasteiger charge is -2.24. The second-order valence-electron chi connectivity index (χ2n) is 8.38. The van der Waals surface area contributed by atoms with Gasteiger partial charge in [-0.3, -0.25) is 19.1 Å². The average molecular weight is 486 g/mol. The maximum absolute atomic E-state index is 13.3. The van der Waals surface area contributed by atoms with Gasteiger partial charge < -0.3 is 15.1 Å². The topological polar surface area (TPSA) is 127 Å². The molecule has 1 aromatic carbocycles. The number of halogens is 1. The fourth-order valence-corrected chi connectivity index (χ4v) is 3.78. The number of H-pyrrole nitrogens is 1. The first-order valence-electron chi connectivity index (χ1n) is 12.0. The molecule has 3 rings (SSSR count). The SMILES string of the molecule is CCCCCN(C(=O)CCc1ncc(-c2ccc(F)cc2)o1)c1c(N)n(CCCC)c(=O)[nH]c1=O. The third-order valence-corrected chi connectivity index (χ3v) is 5.74. The summed E-state index contributed by atoms with van der Waals surface area (Å²) in [6.45, 7) is 4.68. The van der Waals surface area contributed by atoms with Crippen LogP contribution in [0.1, 0.15) is 58.3 Å². The van der Waals surface area contributed by atoms with Crippen LogP contribution in [0.3, 0.4) is 0 Å². The minimum Gasteiger partial charge on any atom is -0.441 e. The van der Waals surface area contributed by atoms with Gasteiger partial charge in [0.05, 0.1) is 6.20 Å². The van der Waals surface area contributed by atoms with E-state index in [1.165, 1.54) is 27.8 Å². The molecule has 0 saturated heterocycles. The van der Waals surface area contributed by atoms with Crippen molar-refractivity contribution in [1.29, 1.82) is 0 Å². The molecule has 2 heterocycles. The highest BCUT2D eigenvalue weighted by molar-refractivity contribution is 5.95. The number of aromatic nitrogens is 3. The molecule has 1 amide bonds. The summed E-state index contributed by atoms with van der Waals surface area (Å²) < 4.78 is 20.2. The van der Waals surface area contributed by atoms with Crippen LogP contribution in [0.2, 0.25) is 0 Å². The summed E-state index contributed by atoms with van der Waals surface area (Å²) in [5, 5.41) is 0. The van der Waals surface area contributed by atoms with Crippen molar-refractivity contribution in [3.05, 3.63) is 63.0 Å². The summed E-state index contributed by atoms with van der Waals surface area (Å²) in [6, 6.07) is 5.83. The molecule has 188 valence electrons. The first-order valence-corrected chi connectivity index (χ1v) is 12.0. The average Bonchev–Trinajstić information content (AvgIpc) is 3.31. The Bertz CT molecular complexity index is 1250. The number of hydrogen-bond donors (Lipinski definition) is 2. The van der Waals surface area contributed by atoms with Gasteiger partial charge in [0.1, 0.15) is 11.6 Å². The molecular formula is C25H32FN5O4. The first kappa shape index (κ1) is 25.9. The first-order chi connectivity index (χ1) is 16.8. The number of benzene rings is 1. The standard InChI is InChI=1S/C25H32FN5O4/c1-3-5-7-15-30(22-23(27)31(14-6-4-2)25(34)29-24(22)33)21(32)13-12-20-28-16-19(35-20)17-8-10-18(26)11-9-17/h8-11,16H,3-7,12-15,27H2,1-2H3,(H,29,33,34). The smallest absolute Gasteiger partial charge is 0.330 e. The number of amides is 1. The zero-order valence-corrected chi connectivity index (χ0v) is 20.2. The maximum atomic E-state index is 13.3. The summed E-state index contributed by atoms with van der Waals surface area (Å²) in [5.41, 5.74) is 5.65. The van der Waals surface area contributed by atoms with Crippen LogP contribution in [0.4, 0.5) is 15.9 Å². The van der Waals surface area contributed by atoms with Gasteiger partial charge in [0.25, 0.3) is 5.56 Å². The Balaban J connectivity index is 1.82. The Labute approximate surface area is 202 Å². The summed E-state index contributed by atoms with van der Waals surface area (Å²) in [4.78, 5) is 46.2. The third-order valence-electron chi connectivity index (χ3n) is 5.74. The van der Waals surface area contributed by atoms with E-state index in [1.807, 2.05) is 13.8 Å². The summed E-state index contributed by atoms with van der Waals surface area (Å²) >= 11 is 0. The second kappa shape index (κ2) is 12.1. The van der Waals surface area contributed by atoms with Gasteiger partial charge in [0.15, 0.2) is 17.3 Å². The molecule has 0 atom stereocenters. The van der Waals surface area contributed by atoms with Crippen LogP contribution in [-0.4, -0.2) is 27.0 Å². The number of hydrogen-bond acceptors (Lipinski definition) is 6. The largest absolute Gasteiger partial charge is 0.441 e. The molecule has 35 heavy (non-hydrogen) atoms. The van der Waals surface area contributed by atoms with Crippen molar-refractivity contribution < 1.29 is 13.6 Å². The van der Waals surface area contributed by atoms with Gasteiger partial charge in [-0.2, -0.15) is 0 Å². The van der Waals surface area contributed by atoms with Crippen LogP contribution < -0.4 is 21.9 Å². The Morgan fingerprint density at radius 3 is 2.54 bits per heavy atom. The number of nitrogens with one attached hydrogen (secondary N) is 1. The van der Waals surface area contributed by atoms with E-state index in [4.69, 9.17) is 10.2 Å². The number of nitrogen functional groups attached to an aromatic ring is 1. The molecular weight excluding hydrogens is 453 g/mol. The van der Waals surface area contributed by atoms with Crippen LogP contribution in [0.15, 0.2) is 44.5 Å². The molecule has 10 heteroatoms. The Hall–Kier alpha value is -3.69. The third kappa shape index (κ3) is 6.46. The zero-order chi connectivity index (χ0) is 25.4. The van der Waals surface area contributed by atoms with Gasteiger partial charge in [-0.1, -0.05) is 33.1 Å². The van der Waals surface area contributed by atoms with E-state index in [1.54, 1.807) is 12.1 Å². The number of rotatable bonds is 12. The molecule has 3 N–H and O–H groups in total. The van der Waals surface area contributed by atoms with Crippen molar-refractivity contribution in [1.82, 2.24) is 14.5 Å². The predicted molar refractivity (Wildman–Crippen MR) is 133 cm³/mol. The van der Waals surface area contributed by atoms with Gasteiger partial charge in [0, 0.05) is 31.5 Å².